The molecule has 2 N–H and O–H groups in total. The van der Waals surface area contributed by atoms with E-state index in [1.54, 1.807) is 18.5 Å². The summed E-state index contributed by atoms with van der Waals surface area (Å²) < 4.78 is 1.81. The molecule has 0 aliphatic carbocycles. The summed E-state index contributed by atoms with van der Waals surface area (Å²) in [7, 11) is 0. The molecule has 0 atom stereocenters. The Bertz CT molecular complexity index is 613. The van der Waals surface area contributed by atoms with Gasteiger partial charge in [0, 0.05) is 24.0 Å². The van der Waals surface area contributed by atoms with E-state index in [9.17, 15) is 4.79 Å². The molecule has 0 saturated carbocycles. The second kappa shape index (κ2) is 5.28. The maximum absolute atomic E-state index is 11.8. The van der Waals surface area contributed by atoms with E-state index in [0.29, 0.717) is 11.6 Å². The highest BCUT2D eigenvalue weighted by atomic mass is 16.2. The summed E-state index contributed by atoms with van der Waals surface area (Å²) in [6.45, 7) is 7.61. The number of nitrogens with zero attached hydrogens (tertiary/aromatic N) is 4. The predicted octanol–water partition coefficient (Wildman–Crippen LogP) is 1.89. The lowest BCUT2D eigenvalue weighted by Gasteiger charge is -2.20. The third-order valence-electron chi connectivity index (χ3n) is 2.46. The zero-order valence-corrected chi connectivity index (χ0v) is 12.0. The number of carbonyl (C=O) groups is 1. The highest BCUT2D eigenvalue weighted by molar-refractivity contribution is 5.88. The van der Waals surface area contributed by atoms with Crippen LogP contribution in [0.3, 0.4) is 0 Å². The zero-order chi connectivity index (χ0) is 14.8. The largest absolute Gasteiger partial charge is 0.333 e. The van der Waals surface area contributed by atoms with Crippen LogP contribution < -0.4 is 10.6 Å². The molecule has 0 aromatic carbocycles. The number of imidazole rings is 1. The van der Waals surface area contributed by atoms with E-state index in [2.05, 4.69) is 25.6 Å². The Morgan fingerprint density at radius 2 is 2.00 bits per heavy atom. The van der Waals surface area contributed by atoms with E-state index >= 15 is 0 Å². The van der Waals surface area contributed by atoms with Crippen LogP contribution >= 0.6 is 0 Å². The fraction of sp³-hybridized carbons (Fsp3) is 0.385. The quantitative estimate of drug-likeness (QED) is 0.875. The minimum absolute atomic E-state index is 0.301. The SMILES string of the molecule is Cc1nccn1-c1cc(NC(=O)NC(C)(C)C)ncn1. The number of amides is 2. The average molecular weight is 274 g/mol. The van der Waals surface area contributed by atoms with E-state index in [4.69, 9.17) is 0 Å². The minimum Gasteiger partial charge on any atom is -0.333 e. The van der Waals surface area contributed by atoms with Gasteiger partial charge in [-0.3, -0.25) is 9.88 Å². The number of aromatic nitrogens is 4. The fourth-order valence-electron chi connectivity index (χ4n) is 1.66. The Hall–Kier alpha value is -2.44. The number of rotatable bonds is 2. The lowest BCUT2D eigenvalue weighted by atomic mass is 10.1. The number of aryl methyl sites for hydroxylation is 1. The second-order valence-corrected chi connectivity index (χ2v) is 5.44. The average Bonchev–Trinajstić information content (AvgIpc) is 2.73. The Kier molecular flexibility index (Phi) is 3.69. The van der Waals surface area contributed by atoms with Gasteiger partial charge in [-0.25, -0.2) is 19.7 Å². The normalized spacial score (nSPS) is 11.2. The van der Waals surface area contributed by atoms with Crippen molar-refractivity contribution in [3.8, 4) is 5.82 Å². The molecular weight excluding hydrogens is 256 g/mol. The van der Waals surface area contributed by atoms with Crippen LogP contribution in [-0.4, -0.2) is 31.1 Å². The lowest BCUT2D eigenvalue weighted by molar-refractivity contribution is 0.243. The molecule has 106 valence electrons. The number of hydrogen-bond acceptors (Lipinski definition) is 4. The van der Waals surface area contributed by atoms with Crippen LogP contribution in [-0.2, 0) is 0 Å². The molecule has 0 radical (unpaired) electrons. The van der Waals surface area contributed by atoms with Crippen molar-refractivity contribution < 1.29 is 4.79 Å². The molecule has 0 saturated heterocycles. The van der Waals surface area contributed by atoms with Gasteiger partial charge in [0.2, 0.25) is 0 Å². The molecule has 7 heteroatoms. The van der Waals surface area contributed by atoms with Gasteiger partial charge >= 0.3 is 6.03 Å². The molecule has 2 aromatic rings. The van der Waals surface area contributed by atoms with Crippen molar-refractivity contribution in [3.63, 3.8) is 0 Å². The number of nitrogens with one attached hydrogen (secondary N) is 2. The van der Waals surface area contributed by atoms with Gasteiger partial charge < -0.3 is 5.32 Å². The summed E-state index contributed by atoms with van der Waals surface area (Å²) >= 11 is 0. The maximum Gasteiger partial charge on any atom is 0.320 e. The van der Waals surface area contributed by atoms with Crippen molar-refractivity contribution in [2.24, 2.45) is 0 Å². The Balaban J connectivity index is 2.15. The summed E-state index contributed by atoms with van der Waals surface area (Å²) in [5.74, 6) is 1.90. The van der Waals surface area contributed by atoms with Crippen molar-refractivity contribution in [2.45, 2.75) is 33.2 Å². The summed E-state index contributed by atoms with van der Waals surface area (Å²) in [5, 5.41) is 5.49. The third-order valence-corrected chi connectivity index (χ3v) is 2.46. The molecule has 2 rings (SSSR count). The second-order valence-electron chi connectivity index (χ2n) is 5.44. The molecule has 0 unspecified atom stereocenters. The Morgan fingerprint density at radius 1 is 1.25 bits per heavy atom. The van der Waals surface area contributed by atoms with Crippen LogP contribution in [0.25, 0.3) is 5.82 Å². The molecule has 0 aliphatic rings. The van der Waals surface area contributed by atoms with Crippen molar-refractivity contribution in [3.05, 3.63) is 30.6 Å². The fourth-order valence-corrected chi connectivity index (χ4v) is 1.66. The van der Waals surface area contributed by atoms with Gasteiger partial charge in [-0.1, -0.05) is 0 Å². The molecule has 0 spiro atoms. The Labute approximate surface area is 117 Å². The molecular formula is C13H18N6O. The molecule has 0 aliphatic heterocycles. The first-order chi connectivity index (χ1) is 9.35. The van der Waals surface area contributed by atoms with E-state index in [0.717, 1.165) is 5.82 Å². The topological polar surface area (TPSA) is 84.7 Å². The zero-order valence-electron chi connectivity index (χ0n) is 12.0. The van der Waals surface area contributed by atoms with Crippen molar-refractivity contribution in [1.82, 2.24) is 24.8 Å². The van der Waals surface area contributed by atoms with Gasteiger partial charge in [0.05, 0.1) is 0 Å². The van der Waals surface area contributed by atoms with E-state index < -0.39 is 0 Å². The monoisotopic (exact) mass is 274 g/mol. The van der Waals surface area contributed by atoms with E-state index in [1.807, 2.05) is 32.3 Å². The standard InChI is InChI=1S/C13H18N6O/c1-9-14-5-6-19(9)11-7-10(15-8-16-11)17-12(20)18-13(2,3)4/h5-8H,1-4H3,(H2,15,16,17,18,20). The number of anilines is 1. The summed E-state index contributed by atoms with van der Waals surface area (Å²) in [4.78, 5) is 24.1. The summed E-state index contributed by atoms with van der Waals surface area (Å²) in [6.07, 6.45) is 4.90. The molecule has 0 bridgehead atoms. The molecule has 2 heterocycles. The molecule has 0 fully saturated rings. The van der Waals surface area contributed by atoms with Crippen LogP contribution in [0.5, 0.6) is 0 Å². The molecule has 7 nitrogen and oxygen atoms in total. The third kappa shape index (κ3) is 3.53. The van der Waals surface area contributed by atoms with Gasteiger partial charge in [-0.2, -0.15) is 0 Å². The Morgan fingerprint density at radius 3 is 2.60 bits per heavy atom. The van der Waals surface area contributed by atoms with Crippen LogP contribution in [0.15, 0.2) is 24.8 Å². The number of hydrogen-bond donors (Lipinski definition) is 2. The van der Waals surface area contributed by atoms with E-state index in [-0.39, 0.29) is 11.6 Å². The van der Waals surface area contributed by atoms with Gasteiger partial charge in [-0.05, 0) is 27.7 Å². The van der Waals surface area contributed by atoms with Gasteiger partial charge in [0.25, 0.3) is 0 Å². The highest BCUT2D eigenvalue weighted by Gasteiger charge is 2.14. The minimum atomic E-state index is -0.305. The predicted molar refractivity (Wildman–Crippen MR) is 75.8 cm³/mol. The number of carbonyl (C=O) groups excluding carboxylic acids is 1. The van der Waals surface area contributed by atoms with Gasteiger partial charge in [-0.15, -0.1) is 0 Å². The smallest absolute Gasteiger partial charge is 0.320 e. The van der Waals surface area contributed by atoms with Crippen LogP contribution in [0, 0.1) is 6.92 Å². The van der Waals surface area contributed by atoms with Crippen LogP contribution in [0.4, 0.5) is 10.6 Å². The van der Waals surface area contributed by atoms with E-state index in [1.165, 1.54) is 6.33 Å². The summed E-state index contributed by atoms with van der Waals surface area (Å²) in [6, 6.07) is 1.39. The molecule has 2 amide bonds. The van der Waals surface area contributed by atoms with Gasteiger partial charge in [0.15, 0.2) is 0 Å². The first-order valence-electron chi connectivity index (χ1n) is 6.27. The summed E-state index contributed by atoms with van der Waals surface area (Å²) in [5.41, 5.74) is -0.305. The van der Waals surface area contributed by atoms with Crippen molar-refractivity contribution >= 4 is 11.8 Å². The van der Waals surface area contributed by atoms with Crippen LogP contribution in [0.1, 0.15) is 26.6 Å². The highest BCUT2D eigenvalue weighted by Crippen LogP contribution is 2.11. The number of urea groups is 1. The van der Waals surface area contributed by atoms with Crippen molar-refractivity contribution in [2.75, 3.05) is 5.32 Å². The first-order valence-corrected chi connectivity index (χ1v) is 6.27. The van der Waals surface area contributed by atoms with Crippen molar-refractivity contribution in [1.29, 1.82) is 0 Å². The van der Waals surface area contributed by atoms with Gasteiger partial charge in [0.1, 0.15) is 23.8 Å². The molecule has 20 heavy (non-hydrogen) atoms. The first kappa shape index (κ1) is 14.0. The van der Waals surface area contributed by atoms with Crippen LogP contribution in [0.2, 0.25) is 0 Å². The lowest BCUT2D eigenvalue weighted by Crippen LogP contribution is -2.43. The maximum atomic E-state index is 11.8. The molecule has 2 aromatic heterocycles.